The molecule has 0 radical (unpaired) electrons. The zero-order valence-electron chi connectivity index (χ0n) is 12.6. The fourth-order valence-corrected chi connectivity index (χ4v) is 2.24. The molecule has 2 aromatic rings. The molecule has 1 aromatic heterocycles. The van der Waals surface area contributed by atoms with Gasteiger partial charge in [-0.15, -0.1) is 0 Å². The first-order valence-corrected chi connectivity index (χ1v) is 7.74. The van der Waals surface area contributed by atoms with Gasteiger partial charge in [-0.25, -0.2) is 0 Å². The quantitative estimate of drug-likeness (QED) is 0.757. The molecule has 0 unspecified atom stereocenters. The van der Waals surface area contributed by atoms with E-state index in [2.05, 4.69) is 24.3 Å². The molecule has 0 spiro atoms. The number of hydrogen-bond acceptors (Lipinski definition) is 3. The van der Waals surface area contributed by atoms with E-state index in [-0.39, 0.29) is 0 Å². The van der Waals surface area contributed by atoms with Crippen LogP contribution in [-0.2, 0) is 19.7 Å². The van der Waals surface area contributed by atoms with Crippen molar-refractivity contribution >= 4 is 11.6 Å². The van der Waals surface area contributed by atoms with Gasteiger partial charge in [0.1, 0.15) is 12.4 Å². The minimum absolute atomic E-state index is 0.516. The molecule has 1 heterocycles. The molecule has 0 amide bonds. The van der Waals surface area contributed by atoms with Crippen molar-refractivity contribution < 1.29 is 4.74 Å². The molecule has 1 aromatic carbocycles. The molecule has 0 aliphatic carbocycles. The van der Waals surface area contributed by atoms with Crippen molar-refractivity contribution in [1.29, 1.82) is 0 Å². The summed E-state index contributed by atoms with van der Waals surface area (Å²) in [5.41, 5.74) is 2.15. The lowest BCUT2D eigenvalue weighted by molar-refractivity contribution is 0.302. The van der Waals surface area contributed by atoms with E-state index in [4.69, 9.17) is 16.3 Å². The van der Waals surface area contributed by atoms with Crippen LogP contribution in [0, 0.1) is 0 Å². The van der Waals surface area contributed by atoms with Gasteiger partial charge in [0.2, 0.25) is 0 Å². The minimum atomic E-state index is 0.516. The molecule has 0 fully saturated rings. The summed E-state index contributed by atoms with van der Waals surface area (Å²) in [5.74, 6) is 0.868. The molecule has 0 saturated heterocycles. The van der Waals surface area contributed by atoms with Gasteiger partial charge in [-0.05, 0) is 38.1 Å². The van der Waals surface area contributed by atoms with Gasteiger partial charge < -0.3 is 10.1 Å². The van der Waals surface area contributed by atoms with Crippen LogP contribution in [0.1, 0.15) is 31.4 Å². The molecule has 0 bridgehead atoms. The van der Waals surface area contributed by atoms with Crippen LogP contribution in [0.5, 0.6) is 5.75 Å². The number of aryl methyl sites for hydroxylation is 1. The minimum Gasteiger partial charge on any atom is -0.488 e. The molecule has 0 atom stereocenters. The van der Waals surface area contributed by atoms with E-state index < -0.39 is 0 Å². The van der Waals surface area contributed by atoms with Crippen molar-refractivity contribution in [2.45, 2.75) is 40.0 Å². The van der Waals surface area contributed by atoms with Crippen LogP contribution in [-0.4, -0.2) is 16.3 Å². The molecule has 0 aliphatic heterocycles. The normalized spacial score (nSPS) is 10.8. The Hall–Kier alpha value is -1.52. The Morgan fingerprint density at radius 2 is 2.19 bits per heavy atom. The van der Waals surface area contributed by atoms with Gasteiger partial charge in [0.15, 0.2) is 0 Å². The standard InChI is InChI=1S/C16H22ClN3O/c1-3-7-18-10-14-8-15(17)5-6-16(14)21-12-13-9-19-20(4-2)11-13/h5-6,8-9,11,18H,3-4,7,10,12H2,1-2H3. The van der Waals surface area contributed by atoms with E-state index in [0.29, 0.717) is 6.61 Å². The van der Waals surface area contributed by atoms with Gasteiger partial charge in [0, 0.05) is 35.4 Å². The highest BCUT2D eigenvalue weighted by molar-refractivity contribution is 6.30. The predicted octanol–water partition coefficient (Wildman–Crippen LogP) is 3.64. The van der Waals surface area contributed by atoms with Crippen LogP contribution in [0.4, 0.5) is 0 Å². The van der Waals surface area contributed by atoms with Crippen LogP contribution < -0.4 is 10.1 Å². The van der Waals surface area contributed by atoms with E-state index in [1.54, 1.807) is 0 Å². The van der Waals surface area contributed by atoms with Gasteiger partial charge in [0.05, 0.1) is 6.20 Å². The number of nitrogens with one attached hydrogen (secondary N) is 1. The second-order valence-corrected chi connectivity index (χ2v) is 5.36. The van der Waals surface area contributed by atoms with Gasteiger partial charge in [-0.1, -0.05) is 18.5 Å². The molecular formula is C16H22ClN3O. The molecule has 114 valence electrons. The van der Waals surface area contributed by atoms with E-state index in [1.165, 1.54) is 0 Å². The highest BCUT2D eigenvalue weighted by Crippen LogP contribution is 2.23. The molecule has 5 heteroatoms. The SMILES string of the molecule is CCCNCc1cc(Cl)ccc1OCc1cnn(CC)c1. The zero-order valence-corrected chi connectivity index (χ0v) is 13.4. The molecule has 0 aliphatic rings. The Kier molecular flexibility index (Phi) is 6.08. The average Bonchev–Trinajstić information content (AvgIpc) is 2.95. The maximum absolute atomic E-state index is 6.07. The van der Waals surface area contributed by atoms with E-state index in [0.717, 1.165) is 48.0 Å². The lowest BCUT2D eigenvalue weighted by Crippen LogP contribution is -2.14. The summed E-state index contributed by atoms with van der Waals surface area (Å²) in [6, 6.07) is 5.74. The summed E-state index contributed by atoms with van der Waals surface area (Å²) in [6.45, 7) is 7.34. The van der Waals surface area contributed by atoms with Crippen molar-refractivity contribution in [3.8, 4) is 5.75 Å². The summed E-state index contributed by atoms with van der Waals surface area (Å²) < 4.78 is 7.81. The first kappa shape index (κ1) is 15.9. The molecule has 21 heavy (non-hydrogen) atoms. The third-order valence-corrected chi connectivity index (χ3v) is 3.40. The van der Waals surface area contributed by atoms with Gasteiger partial charge in [0.25, 0.3) is 0 Å². The second-order valence-electron chi connectivity index (χ2n) is 4.92. The predicted molar refractivity (Wildman–Crippen MR) is 85.7 cm³/mol. The average molecular weight is 308 g/mol. The topological polar surface area (TPSA) is 39.1 Å². The van der Waals surface area contributed by atoms with Gasteiger partial charge in [-0.3, -0.25) is 4.68 Å². The number of benzene rings is 1. The number of rotatable bonds is 8. The highest BCUT2D eigenvalue weighted by atomic mass is 35.5. The van der Waals surface area contributed by atoms with Crippen molar-refractivity contribution in [1.82, 2.24) is 15.1 Å². The fourth-order valence-electron chi connectivity index (χ4n) is 2.04. The number of ether oxygens (including phenoxy) is 1. The first-order chi connectivity index (χ1) is 10.2. The molecule has 2 rings (SSSR count). The number of hydrogen-bond donors (Lipinski definition) is 1. The Morgan fingerprint density at radius 3 is 2.90 bits per heavy atom. The van der Waals surface area contributed by atoms with Crippen molar-refractivity contribution in [2.24, 2.45) is 0 Å². The van der Waals surface area contributed by atoms with E-state index in [9.17, 15) is 0 Å². The largest absolute Gasteiger partial charge is 0.488 e. The van der Waals surface area contributed by atoms with Gasteiger partial charge >= 0.3 is 0 Å². The first-order valence-electron chi connectivity index (χ1n) is 7.36. The summed E-state index contributed by atoms with van der Waals surface area (Å²) in [4.78, 5) is 0. The zero-order chi connectivity index (χ0) is 15.1. The number of halogens is 1. The summed E-state index contributed by atoms with van der Waals surface area (Å²) >= 11 is 6.07. The molecule has 4 nitrogen and oxygen atoms in total. The molecule has 0 saturated carbocycles. The lowest BCUT2D eigenvalue weighted by atomic mass is 10.2. The summed E-state index contributed by atoms with van der Waals surface area (Å²) in [6.07, 6.45) is 4.95. The third-order valence-electron chi connectivity index (χ3n) is 3.17. The van der Waals surface area contributed by atoms with Crippen molar-refractivity contribution in [3.05, 3.63) is 46.7 Å². The fraction of sp³-hybridized carbons (Fsp3) is 0.438. The van der Waals surface area contributed by atoms with Crippen LogP contribution in [0.3, 0.4) is 0 Å². The van der Waals surface area contributed by atoms with Crippen LogP contribution in [0.15, 0.2) is 30.6 Å². The third kappa shape index (κ3) is 4.76. The van der Waals surface area contributed by atoms with Gasteiger partial charge in [-0.2, -0.15) is 5.10 Å². The molecular weight excluding hydrogens is 286 g/mol. The van der Waals surface area contributed by atoms with Crippen molar-refractivity contribution in [3.63, 3.8) is 0 Å². The number of nitrogens with zero attached hydrogens (tertiary/aromatic N) is 2. The lowest BCUT2D eigenvalue weighted by Gasteiger charge is -2.12. The van der Waals surface area contributed by atoms with Crippen LogP contribution in [0.25, 0.3) is 0 Å². The highest BCUT2D eigenvalue weighted by Gasteiger charge is 2.06. The Bertz CT molecular complexity index is 568. The maximum Gasteiger partial charge on any atom is 0.124 e. The Balaban J connectivity index is 2.00. The van der Waals surface area contributed by atoms with Crippen LogP contribution in [0.2, 0.25) is 5.02 Å². The molecule has 1 N–H and O–H groups in total. The van der Waals surface area contributed by atoms with E-state index >= 15 is 0 Å². The second kappa shape index (κ2) is 8.05. The maximum atomic E-state index is 6.07. The Morgan fingerprint density at radius 1 is 1.33 bits per heavy atom. The monoisotopic (exact) mass is 307 g/mol. The van der Waals surface area contributed by atoms with E-state index in [1.807, 2.05) is 35.3 Å². The van der Waals surface area contributed by atoms with Crippen LogP contribution >= 0.6 is 11.6 Å². The van der Waals surface area contributed by atoms with Crippen molar-refractivity contribution in [2.75, 3.05) is 6.54 Å². The Labute approximate surface area is 131 Å². The summed E-state index contributed by atoms with van der Waals surface area (Å²) in [5, 5.41) is 8.35. The smallest absolute Gasteiger partial charge is 0.124 e. The number of aromatic nitrogens is 2. The summed E-state index contributed by atoms with van der Waals surface area (Å²) in [7, 11) is 0.